The summed E-state index contributed by atoms with van der Waals surface area (Å²) in [5.41, 5.74) is 0.597. The molecule has 0 saturated heterocycles. The van der Waals surface area contributed by atoms with Crippen LogP contribution in [0.15, 0.2) is 53.4 Å². The van der Waals surface area contributed by atoms with Crippen molar-refractivity contribution >= 4 is 10.0 Å². The summed E-state index contributed by atoms with van der Waals surface area (Å²) in [6.45, 7) is 5.34. The molecule has 1 aliphatic rings. The molecule has 0 aliphatic carbocycles. The third kappa shape index (κ3) is 3.55. The van der Waals surface area contributed by atoms with Gasteiger partial charge in [0.05, 0.1) is 4.90 Å². The van der Waals surface area contributed by atoms with Gasteiger partial charge in [0, 0.05) is 12.0 Å². The Bertz CT molecular complexity index is 816. The molecular weight excluding hydrogens is 326 g/mol. The summed E-state index contributed by atoms with van der Waals surface area (Å²) in [5.74, 6) is 1.43. The minimum absolute atomic E-state index is 0.267. The Morgan fingerprint density at radius 3 is 2.38 bits per heavy atom. The van der Waals surface area contributed by atoms with Crippen molar-refractivity contribution in [3.63, 3.8) is 0 Å². The van der Waals surface area contributed by atoms with E-state index < -0.39 is 15.4 Å². The smallest absolute Gasteiger partial charge is 0.240 e. The fourth-order valence-corrected chi connectivity index (χ4v) is 3.76. The van der Waals surface area contributed by atoms with Gasteiger partial charge in [0.25, 0.3) is 0 Å². The molecule has 5 nitrogen and oxygen atoms in total. The first-order chi connectivity index (χ1) is 11.4. The molecule has 0 saturated carbocycles. The first kappa shape index (κ1) is 16.8. The summed E-state index contributed by atoms with van der Waals surface area (Å²) in [6, 6.07) is 14.1. The molecule has 2 aromatic carbocycles. The van der Waals surface area contributed by atoms with E-state index in [9.17, 15) is 8.42 Å². The Hall–Kier alpha value is -2.05. The topological polar surface area (TPSA) is 64.6 Å². The molecular formula is C18H21NO4S. The maximum absolute atomic E-state index is 12.4. The zero-order chi connectivity index (χ0) is 17.2. The Kier molecular flexibility index (Phi) is 4.51. The number of fused-ring (bicyclic) bond motifs is 1. The van der Waals surface area contributed by atoms with Crippen molar-refractivity contribution in [2.24, 2.45) is 0 Å². The van der Waals surface area contributed by atoms with E-state index in [1.165, 1.54) is 0 Å². The Morgan fingerprint density at radius 1 is 1.00 bits per heavy atom. The number of hydrogen-bond acceptors (Lipinski definition) is 4. The fourth-order valence-electron chi connectivity index (χ4n) is 2.52. The summed E-state index contributed by atoms with van der Waals surface area (Å²) in [6.07, 6.45) is 0. The highest BCUT2D eigenvalue weighted by Gasteiger charge is 2.26. The van der Waals surface area contributed by atoms with Gasteiger partial charge in [-0.2, -0.15) is 0 Å². The number of benzene rings is 2. The maximum Gasteiger partial charge on any atom is 0.240 e. The van der Waals surface area contributed by atoms with Gasteiger partial charge in [-0.3, -0.25) is 0 Å². The lowest BCUT2D eigenvalue weighted by molar-refractivity contribution is 0.171. The second-order valence-corrected chi connectivity index (χ2v) is 8.15. The van der Waals surface area contributed by atoms with Crippen molar-refractivity contribution in [2.45, 2.75) is 24.2 Å². The summed E-state index contributed by atoms with van der Waals surface area (Å²) >= 11 is 0. The van der Waals surface area contributed by atoms with Gasteiger partial charge < -0.3 is 9.47 Å². The molecule has 24 heavy (non-hydrogen) atoms. The third-order valence-electron chi connectivity index (χ3n) is 4.08. The molecule has 2 aromatic rings. The van der Waals surface area contributed by atoms with Crippen LogP contribution in [0.5, 0.6) is 11.5 Å². The predicted octanol–water partition coefficient (Wildman–Crippen LogP) is 2.71. The molecule has 1 aliphatic heterocycles. The van der Waals surface area contributed by atoms with Gasteiger partial charge in [0.1, 0.15) is 13.2 Å². The monoisotopic (exact) mass is 347 g/mol. The average molecular weight is 347 g/mol. The quantitative estimate of drug-likeness (QED) is 0.903. The Morgan fingerprint density at radius 2 is 1.67 bits per heavy atom. The van der Waals surface area contributed by atoms with Crippen LogP contribution in [0, 0.1) is 0 Å². The van der Waals surface area contributed by atoms with Crippen LogP contribution in [0.25, 0.3) is 0 Å². The fraction of sp³-hybridized carbons (Fsp3) is 0.333. The van der Waals surface area contributed by atoms with E-state index in [0.29, 0.717) is 19.0 Å². The molecule has 0 aromatic heterocycles. The maximum atomic E-state index is 12.4. The number of ether oxygens (including phenoxy) is 2. The molecule has 0 atom stereocenters. The highest BCUT2D eigenvalue weighted by Crippen LogP contribution is 2.35. The van der Waals surface area contributed by atoms with Crippen LogP contribution in [-0.4, -0.2) is 28.2 Å². The molecule has 0 spiro atoms. The van der Waals surface area contributed by atoms with Crippen LogP contribution in [0.1, 0.15) is 19.4 Å². The normalized spacial score (nSPS) is 14.4. The molecule has 0 fully saturated rings. The van der Waals surface area contributed by atoms with E-state index in [1.807, 2.05) is 32.0 Å². The average Bonchev–Trinajstić information content (AvgIpc) is 2.60. The van der Waals surface area contributed by atoms with Gasteiger partial charge in [-0.05, 0) is 29.8 Å². The molecule has 128 valence electrons. The van der Waals surface area contributed by atoms with Crippen molar-refractivity contribution in [2.75, 3.05) is 19.8 Å². The summed E-state index contributed by atoms with van der Waals surface area (Å²) in [4.78, 5) is 0.267. The first-order valence-electron chi connectivity index (χ1n) is 7.83. The van der Waals surface area contributed by atoms with Crippen LogP contribution < -0.4 is 14.2 Å². The van der Waals surface area contributed by atoms with Crippen LogP contribution >= 0.6 is 0 Å². The number of rotatable bonds is 5. The lowest BCUT2D eigenvalue weighted by Crippen LogP contribution is -2.36. The van der Waals surface area contributed by atoms with Gasteiger partial charge in [-0.15, -0.1) is 0 Å². The molecule has 1 N–H and O–H groups in total. The van der Waals surface area contributed by atoms with Crippen molar-refractivity contribution in [3.05, 3.63) is 54.1 Å². The minimum Gasteiger partial charge on any atom is -0.486 e. The van der Waals surface area contributed by atoms with Crippen LogP contribution in [-0.2, 0) is 15.4 Å². The lowest BCUT2D eigenvalue weighted by Gasteiger charge is -2.27. The van der Waals surface area contributed by atoms with E-state index in [0.717, 1.165) is 11.3 Å². The predicted molar refractivity (Wildman–Crippen MR) is 92.1 cm³/mol. The molecule has 1 heterocycles. The van der Waals surface area contributed by atoms with Gasteiger partial charge in [-0.1, -0.05) is 38.1 Å². The summed E-state index contributed by atoms with van der Waals surface area (Å²) < 4.78 is 38.6. The molecule has 0 bridgehead atoms. The molecule has 0 amide bonds. The van der Waals surface area contributed by atoms with Gasteiger partial charge in [0.2, 0.25) is 10.0 Å². The summed E-state index contributed by atoms with van der Waals surface area (Å²) in [7, 11) is -3.52. The van der Waals surface area contributed by atoms with Crippen molar-refractivity contribution in [1.29, 1.82) is 0 Å². The third-order valence-corrected chi connectivity index (χ3v) is 5.50. The largest absolute Gasteiger partial charge is 0.486 e. The van der Waals surface area contributed by atoms with Gasteiger partial charge in [0.15, 0.2) is 11.5 Å². The van der Waals surface area contributed by atoms with Crippen LogP contribution in [0.3, 0.4) is 0 Å². The number of hydrogen-bond donors (Lipinski definition) is 1. The Balaban J connectivity index is 1.76. The first-order valence-corrected chi connectivity index (χ1v) is 9.32. The van der Waals surface area contributed by atoms with E-state index >= 15 is 0 Å². The lowest BCUT2D eigenvalue weighted by atomic mass is 9.84. The SMILES string of the molecule is CC(C)(CNS(=O)(=O)c1ccccc1)c1ccc2c(c1)OCCO2. The van der Waals surface area contributed by atoms with E-state index in [-0.39, 0.29) is 11.4 Å². The van der Waals surface area contributed by atoms with Gasteiger partial charge in [-0.25, -0.2) is 13.1 Å². The zero-order valence-corrected chi connectivity index (χ0v) is 14.6. The summed E-state index contributed by atoms with van der Waals surface area (Å²) in [5, 5.41) is 0. The van der Waals surface area contributed by atoms with Crippen molar-refractivity contribution < 1.29 is 17.9 Å². The molecule has 3 rings (SSSR count). The van der Waals surface area contributed by atoms with Crippen molar-refractivity contribution in [1.82, 2.24) is 4.72 Å². The highest BCUT2D eigenvalue weighted by molar-refractivity contribution is 7.89. The molecule has 0 unspecified atom stereocenters. The van der Waals surface area contributed by atoms with Gasteiger partial charge >= 0.3 is 0 Å². The second kappa shape index (κ2) is 6.45. The zero-order valence-electron chi connectivity index (χ0n) is 13.8. The van der Waals surface area contributed by atoms with Crippen LogP contribution in [0.4, 0.5) is 0 Å². The standard InChI is InChI=1S/C18H21NO4S/c1-18(2,13-19-24(20,21)15-6-4-3-5-7-15)14-8-9-16-17(12-14)23-11-10-22-16/h3-9,12,19H,10-11,13H2,1-2H3. The molecule has 6 heteroatoms. The number of nitrogens with one attached hydrogen (secondary N) is 1. The Labute approximate surface area is 142 Å². The van der Waals surface area contributed by atoms with Crippen LogP contribution in [0.2, 0.25) is 0 Å². The molecule has 0 radical (unpaired) electrons. The van der Waals surface area contributed by atoms with E-state index in [2.05, 4.69) is 4.72 Å². The van der Waals surface area contributed by atoms with E-state index in [4.69, 9.17) is 9.47 Å². The second-order valence-electron chi connectivity index (χ2n) is 6.38. The number of sulfonamides is 1. The van der Waals surface area contributed by atoms with E-state index in [1.54, 1.807) is 30.3 Å². The minimum atomic E-state index is -3.52. The highest BCUT2D eigenvalue weighted by atomic mass is 32.2. The van der Waals surface area contributed by atoms with Crippen molar-refractivity contribution in [3.8, 4) is 11.5 Å².